The van der Waals surface area contributed by atoms with Crippen molar-refractivity contribution in [2.45, 2.75) is 38.1 Å². The zero-order chi connectivity index (χ0) is 24.4. The molecule has 3 aliphatic heterocycles. The molecule has 0 aliphatic carbocycles. The molecule has 0 aromatic heterocycles. The fraction of sp³-hybridized carbons (Fsp3) is 0.423. The van der Waals surface area contributed by atoms with Gasteiger partial charge in [-0.3, -0.25) is 24.6 Å². The summed E-state index contributed by atoms with van der Waals surface area (Å²) in [4.78, 5) is 40.5. The van der Waals surface area contributed by atoms with Gasteiger partial charge >= 0.3 is 0 Å². The molecule has 3 aliphatic rings. The average Bonchev–Trinajstić information content (AvgIpc) is 3.21. The lowest BCUT2D eigenvalue weighted by Gasteiger charge is -2.33. The number of ether oxygens (including phenoxy) is 2. The van der Waals surface area contributed by atoms with Gasteiger partial charge in [-0.1, -0.05) is 30.3 Å². The SMILES string of the molecule is O=C1CC[C@H](N2Cc3c(OCc4ccc(C(CO)N5CCOCC5)cc4)cccc3C2=O)C(=O)N1. The number of carbonyl (C=O) groups excluding carboxylic acids is 3. The van der Waals surface area contributed by atoms with E-state index in [9.17, 15) is 19.5 Å². The molecule has 2 fully saturated rings. The number of imide groups is 1. The van der Waals surface area contributed by atoms with E-state index in [-0.39, 0.29) is 37.4 Å². The van der Waals surface area contributed by atoms with E-state index in [4.69, 9.17) is 9.47 Å². The molecule has 0 radical (unpaired) electrons. The molecule has 2 aromatic rings. The first-order chi connectivity index (χ1) is 17.0. The van der Waals surface area contributed by atoms with Gasteiger partial charge in [-0.25, -0.2) is 0 Å². The normalized spacial score (nSPS) is 21.6. The van der Waals surface area contributed by atoms with Gasteiger partial charge in [0.25, 0.3) is 5.91 Å². The number of carbonyl (C=O) groups is 3. The monoisotopic (exact) mass is 479 g/mol. The van der Waals surface area contributed by atoms with Gasteiger partial charge in [0.2, 0.25) is 11.8 Å². The Morgan fingerprint density at radius 2 is 1.86 bits per heavy atom. The van der Waals surface area contributed by atoms with Crippen molar-refractivity contribution in [3.05, 3.63) is 64.7 Å². The van der Waals surface area contributed by atoms with Gasteiger partial charge in [-0.05, 0) is 29.7 Å². The smallest absolute Gasteiger partial charge is 0.255 e. The maximum atomic E-state index is 13.0. The van der Waals surface area contributed by atoms with E-state index in [0.29, 0.717) is 37.6 Å². The van der Waals surface area contributed by atoms with Gasteiger partial charge in [0, 0.05) is 30.6 Å². The number of piperidine rings is 1. The molecule has 3 amide bonds. The minimum Gasteiger partial charge on any atom is -0.489 e. The summed E-state index contributed by atoms with van der Waals surface area (Å²) >= 11 is 0. The predicted octanol–water partition coefficient (Wildman–Crippen LogP) is 1.39. The van der Waals surface area contributed by atoms with Crippen LogP contribution in [-0.2, 0) is 27.5 Å². The summed E-state index contributed by atoms with van der Waals surface area (Å²) in [6.45, 7) is 3.58. The highest BCUT2D eigenvalue weighted by molar-refractivity contribution is 6.05. The van der Waals surface area contributed by atoms with E-state index in [0.717, 1.165) is 29.8 Å². The van der Waals surface area contributed by atoms with Gasteiger partial charge in [-0.2, -0.15) is 0 Å². The first-order valence-corrected chi connectivity index (χ1v) is 12.0. The van der Waals surface area contributed by atoms with Gasteiger partial charge in [-0.15, -0.1) is 0 Å². The van der Waals surface area contributed by atoms with Crippen molar-refractivity contribution in [1.29, 1.82) is 0 Å². The second kappa shape index (κ2) is 10.2. The Morgan fingerprint density at radius 1 is 1.09 bits per heavy atom. The molecule has 35 heavy (non-hydrogen) atoms. The molecule has 0 spiro atoms. The topological polar surface area (TPSA) is 108 Å². The highest BCUT2D eigenvalue weighted by Gasteiger charge is 2.40. The van der Waals surface area contributed by atoms with Gasteiger partial charge in [0.1, 0.15) is 18.4 Å². The Kier molecular flexibility index (Phi) is 6.81. The van der Waals surface area contributed by atoms with Crippen LogP contribution in [0, 0.1) is 0 Å². The van der Waals surface area contributed by atoms with Crippen LogP contribution in [0.3, 0.4) is 0 Å². The van der Waals surface area contributed by atoms with Crippen LogP contribution in [0.5, 0.6) is 5.75 Å². The second-order valence-electron chi connectivity index (χ2n) is 9.06. The third-order valence-electron chi connectivity index (χ3n) is 6.96. The molecule has 9 heteroatoms. The third-order valence-corrected chi connectivity index (χ3v) is 6.96. The van der Waals surface area contributed by atoms with Crippen LogP contribution >= 0.6 is 0 Å². The van der Waals surface area contributed by atoms with E-state index in [1.54, 1.807) is 12.1 Å². The Hall–Kier alpha value is -3.27. The van der Waals surface area contributed by atoms with E-state index in [1.807, 2.05) is 30.3 Å². The number of aliphatic hydroxyl groups is 1. The summed E-state index contributed by atoms with van der Waals surface area (Å²) in [7, 11) is 0. The maximum Gasteiger partial charge on any atom is 0.255 e. The van der Waals surface area contributed by atoms with Crippen molar-refractivity contribution in [3.63, 3.8) is 0 Å². The summed E-state index contributed by atoms with van der Waals surface area (Å²) in [6, 6.07) is 12.6. The molecular weight excluding hydrogens is 450 g/mol. The highest BCUT2D eigenvalue weighted by Crippen LogP contribution is 2.34. The fourth-order valence-electron chi connectivity index (χ4n) is 5.01. The number of hydrogen-bond acceptors (Lipinski definition) is 7. The molecule has 0 bridgehead atoms. The number of morpholine rings is 1. The van der Waals surface area contributed by atoms with Gasteiger partial charge in [0.15, 0.2) is 0 Å². The van der Waals surface area contributed by atoms with E-state index >= 15 is 0 Å². The molecule has 3 heterocycles. The summed E-state index contributed by atoms with van der Waals surface area (Å²) in [5.74, 6) is -0.345. The third kappa shape index (κ3) is 4.80. The van der Waals surface area contributed by atoms with Crippen LogP contribution in [0.4, 0.5) is 0 Å². The lowest BCUT2D eigenvalue weighted by molar-refractivity contribution is -0.136. The lowest BCUT2D eigenvalue weighted by Crippen LogP contribution is -2.52. The van der Waals surface area contributed by atoms with E-state index in [2.05, 4.69) is 10.2 Å². The molecule has 2 saturated heterocycles. The average molecular weight is 480 g/mol. The quantitative estimate of drug-likeness (QED) is 0.578. The van der Waals surface area contributed by atoms with Crippen molar-refractivity contribution in [2.75, 3.05) is 32.9 Å². The van der Waals surface area contributed by atoms with Crippen LogP contribution in [0.25, 0.3) is 0 Å². The zero-order valence-corrected chi connectivity index (χ0v) is 19.4. The van der Waals surface area contributed by atoms with Gasteiger partial charge < -0.3 is 19.5 Å². The van der Waals surface area contributed by atoms with Crippen molar-refractivity contribution in [3.8, 4) is 5.75 Å². The van der Waals surface area contributed by atoms with E-state index < -0.39 is 11.9 Å². The number of aliphatic hydroxyl groups excluding tert-OH is 1. The molecular formula is C26H29N3O6. The molecule has 2 N–H and O–H groups in total. The van der Waals surface area contributed by atoms with Crippen LogP contribution in [-0.4, -0.2) is 71.6 Å². The summed E-state index contributed by atoms with van der Waals surface area (Å²) < 4.78 is 11.5. The number of fused-ring (bicyclic) bond motifs is 1. The molecule has 0 saturated carbocycles. The number of nitrogens with zero attached hydrogens (tertiary/aromatic N) is 2. The summed E-state index contributed by atoms with van der Waals surface area (Å²) in [5.41, 5.74) is 3.30. The number of hydrogen-bond donors (Lipinski definition) is 2. The predicted molar refractivity (Wildman–Crippen MR) is 125 cm³/mol. The Balaban J connectivity index is 1.25. The molecule has 9 nitrogen and oxygen atoms in total. The first kappa shape index (κ1) is 23.5. The first-order valence-electron chi connectivity index (χ1n) is 12.0. The number of benzene rings is 2. The number of amides is 3. The summed E-state index contributed by atoms with van der Waals surface area (Å²) in [5, 5.41) is 12.3. The molecule has 1 unspecified atom stereocenters. The number of rotatable bonds is 7. The van der Waals surface area contributed by atoms with Crippen LogP contribution < -0.4 is 10.1 Å². The second-order valence-corrected chi connectivity index (χ2v) is 9.06. The minimum absolute atomic E-state index is 0.0453. The van der Waals surface area contributed by atoms with E-state index in [1.165, 1.54) is 4.90 Å². The Bertz CT molecular complexity index is 1110. The lowest BCUT2D eigenvalue weighted by atomic mass is 10.0. The van der Waals surface area contributed by atoms with Gasteiger partial charge in [0.05, 0.1) is 32.4 Å². The fourth-order valence-corrected chi connectivity index (χ4v) is 5.01. The molecule has 5 rings (SSSR count). The standard InChI is InChI=1S/C26H29N3O6/c30-15-22(28-10-12-34-13-11-28)18-6-4-17(5-7-18)16-35-23-3-1-2-19-20(23)14-29(26(19)33)21-8-9-24(31)27-25(21)32/h1-7,21-22,30H,8-16H2,(H,27,31,32)/t21-,22?/m0/s1. The highest BCUT2D eigenvalue weighted by atomic mass is 16.5. The largest absolute Gasteiger partial charge is 0.489 e. The van der Waals surface area contributed by atoms with Crippen molar-refractivity contribution < 1.29 is 29.0 Å². The zero-order valence-electron chi connectivity index (χ0n) is 19.4. The molecule has 2 aromatic carbocycles. The van der Waals surface area contributed by atoms with Crippen LogP contribution in [0.15, 0.2) is 42.5 Å². The minimum atomic E-state index is -0.654. The van der Waals surface area contributed by atoms with Crippen molar-refractivity contribution >= 4 is 17.7 Å². The van der Waals surface area contributed by atoms with Crippen molar-refractivity contribution in [2.24, 2.45) is 0 Å². The maximum absolute atomic E-state index is 13.0. The Labute approximate surface area is 203 Å². The van der Waals surface area contributed by atoms with Crippen LogP contribution in [0.2, 0.25) is 0 Å². The van der Waals surface area contributed by atoms with Crippen molar-refractivity contribution in [1.82, 2.24) is 15.1 Å². The number of nitrogens with one attached hydrogen (secondary N) is 1. The molecule has 184 valence electrons. The Morgan fingerprint density at radius 3 is 2.57 bits per heavy atom. The summed E-state index contributed by atoms with van der Waals surface area (Å²) in [6.07, 6.45) is 0.546. The molecule has 2 atom stereocenters. The van der Waals surface area contributed by atoms with Crippen LogP contribution in [0.1, 0.15) is 45.9 Å².